The molecule has 0 spiro atoms. The Morgan fingerprint density at radius 2 is 1.71 bits per heavy atom. The highest BCUT2D eigenvalue weighted by atomic mass is 79.9. The summed E-state index contributed by atoms with van der Waals surface area (Å²) in [6.07, 6.45) is 0. The van der Waals surface area contributed by atoms with Gasteiger partial charge in [0.05, 0.1) is 18.1 Å². The molecule has 0 aliphatic carbocycles. The maximum absolute atomic E-state index is 13.0. The highest BCUT2D eigenvalue weighted by Gasteiger charge is 2.17. The van der Waals surface area contributed by atoms with Crippen molar-refractivity contribution in [3.63, 3.8) is 0 Å². The molecule has 0 fully saturated rings. The van der Waals surface area contributed by atoms with Crippen molar-refractivity contribution in [1.29, 1.82) is 0 Å². The number of hydrogen-bond donors (Lipinski definition) is 0. The van der Waals surface area contributed by atoms with E-state index in [2.05, 4.69) is 15.9 Å². The van der Waals surface area contributed by atoms with Gasteiger partial charge in [-0.3, -0.25) is 4.79 Å². The van der Waals surface area contributed by atoms with Crippen molar-refractivity contribution in [3.8, 4) is 23.0 Å². The third kappa shape index (κ3) is 4.32. The van der Waals surface area contributed by atoms with E-state index in [-0.39, 0.29) is 22.5 Å². The molecule has 4 rings (SSSR count). The monoisotopic (exact) mass is 480 g/mol. The number of esters is 1. The van der Waals surface area contributed by atoms with Crippen LogP contribution in [-0.2, 0) is 0 Å². The van der Waals surface area contributed by atoms with E-state index in [0.29, 0.717) is 32.7 Å². The molecular formula is C24H17BrO6. The van der Waals surface area contributed by atoms with Crippen molar-refractivity contribution in [2.24, 2.45) is 0 Å². The van der Waals surface area contributed by atoms with Gasteiger partial charge < -0.3 is 18.6 Å². The molecule has 6 nitrogen and oxygen atoms in total. The Kier molecular flexibility index (Phi) is 5.77. The molecule has 1 aromatic heterocycles. The number of hydrogen-bond acceptors (Lipinski definition) is 6. The summed E-state index contributed by atoms with van der Waals surface area (Å²) in [5, 5.41) is 0.309. The maximum atomic E-state index is 13.0. The molecule has 0 unspecified atom stereocenters. The summed E-state index contributed by atoms with van der Waals surface area (Å²) in [5.74, 6) is 1.18. The lowest BCUT2D eigenvalue weighted by atomic mass is 10.2. The third-order valence-electron chi connectivity index (χ3n) is 4.55. The molecule has 0 amide bonds. The number of ether oxygens (including phenoxy) is 3. The number of rotatable bonds is 5. The molecule has 0 saturated carbocycles. The standard InChI is InChI=1S/C24H17BrO6/c1-14-23(30-16-7-5-6-15(12-16)28-2)22(26)19-11-10-17(13-21(19)29-14)31-24(27)18-8-3-4-9-20(18)25/h3-13H,1-2H3. The van der Waals surface area contributed by atoms with Crippen LogP contribution in [0.15, 0.2) is 80.4 Å². The van der Waals surface area contributed by atoms with Crippen molar-refractivity contribution in [2.75, 3.05) is 7.11 Å². The van der Waals surface area contributed by atoms with Gasteiger partial charge in [0.25, 0.3) is 0 Å². The van der Waals surface area contributed by atoms with Crippen LogP contribution in [0.4, 0.5) is 0 Å². The van der Waals surface area contributed by atoms with Crippen LogP contribution < -0.4 is 19.6 Å². The lowest BCUT2D eigenvalue weighted by Gasteiger charge is -2.11. The van der Waals surface area contributed by atoms with Gasteiger partial charge >= 0.3 is 5.97 Å². The fraction of sp³-hybridized carbons (Fsp3) is 0.0833. The van der Waals surface area contributed by atoms with Crippen LogP contribution in [0.1, 0.15) is 16.1 Å². The van der Waals surface area contributed by atoms with E-state index in [4.69, 9.17) is 18.6 Å². The van der Waals surface area contributed by atoms with Crippen molar-refractivity contribution in [2.45, 2.75) is 6.92 Å². The largest absolute Gasteiger partial charge is 0.497 e. The van der Waals surface area contributed by atoms with Gasteiger partial charge in [0, 0.05) is 16.6 Å². The molecule has 0 bridgehead atoms. The second-order valence-corrected chi connectivity index (χ2v) is 7.48. The summed E-state index contributed by atoms with van der Waals surface area (Å²) in [5.41, 5.74) is 0.352. The lowest BCUT2D eigenvalue weighted by molar-refractivity contribution is 0.0734. The quantitative estimate of drug-likeness (QED) is 0.262. The van der Waals surface area contributed by atoms with Crippen LogP contribution in [0.25, 0.3) is 11.0 Å². The zero-order valence-electron chi connectivity index (χ0n) is 16.7. The molecule has 0 aliphatic rings. The number of aryl methyl sites for hydroxylation is 1. The summed E-state index contributed by atoms with van der Waals surface area (Å²) in [4.78, 5) is 25.4. The predicted octanol–water partition coefficient (Wildman–Crippen LogP) is 5.88. The first-order chi connectivity index (χ1) is 15.0. The van der Waals surface area contributed by atoms with E-state index in [9.17, 15) is 9.59 Å². The highest BCUT2D eigenvalue weighted by molar-refractivity contribution is 9.10. The maximum Gasteiger partial charge on any atom is 0.344 e. The van der Waals surface area contributed by atoms with Crippen LogP contribution in [-0.4, -0.2) is 13.1 Å². The second-order valence-electron chi connectivity index (χ2n) is 6.62. The summed E-state index contributed by atoms with van der Waals surface area (Å²) in [6.45, 7) is 1.64. The van der Waals surface area contributed by atoms with Crippen molar-refractivity contribution < 1.29 is 23.4 Å². The second kappa shape index (κ2) is 8.65. The number of carbonyl (C=O) groups is 1. The normalized spacial score (nSPS) is 10.7. The lowest BCUT2D eigenvalue weighted by Crippen LogP contribution is -2.10. The Balaban J connectivity index is 1.65. The molecule has 1 heterocycles. The first-order valence-electron chi connectivity index (χ1n) is 9.32. The van der Waals surface area contributed by atoms with Gasteiger partial charge in [-0.25, -0.2) is 4.79 Å². The number of fused-ring (bicyclic) bond motifs is 1. The van der Waals surface area contributed by atoms with E-state index < -0.39 is 5.97 Å². The van der Waals surface area contributed by atoms with E-state index in [1.165, 1.54) is 6.07 Å². The van der Waals surface area contributed by atoms with Gasteiger partial charge in [-0.15, -0.1) is 0 Å². The fourth-order valence-electron chi connectivity index (χ4n) is 3.02. The van der Waals surface area contributed by atoms with Crippen LogP contribution >= 0.6 is 15.9 Å². The Bertz CT molecular complexity index is 1340. The molecule has 4 aromatic rings. The minimum absolute atomic E-state index is 0.0821. The first-order valence-corrected chi connectivity index (χ1v) is 10.1. The minimum Gasteiger partial charge on any atom is -0.497 e. The van der Waals surface area contributed by atoms with Crippen LogP contribution in [0.5, 0.6) is 23.0 Å². The summed E-state index contributed by atoms with van der Waals surface area (Å²) < 4.78 is 22.8. The van der Waals surface area contributed by atoms with Gasteiger partial charge in [-0.2, -0.15) is 0 Å². The fourth-order valence-corrected chi connectivity index (χ4v) is 3.47. The van der Waals surface area contributed by atoms with E-state index in [0.717, 1.165) is 0 Å². The van der Waals surface area contributed by atoms with Gasteiger partial charge in [-0.1, -0.05) is 18.2 Å². The Morgan fingerprint density at radius 1 is 0.935 bits per heavy atom. The molecule has 156 valence electrons. The Morgan fingerprint density at radius 3 is 2.48 bits per heavy atom. The molecule has 3 aromatic carbocycles. The molecular weight excluding hydrogens is 464 g/mol. The highest BCUT2D eigenvalue weighted by Crippen LogP contribution is 2.29. The molecule has 0 aliphatic heterocycles. The van der Waals surface area contributed by atoms with Gasteiger partial charge in [0.2, 0.25) is 11.2 Å². The number of halogens is 1. The van der Waals surface area contributed by atoms with E-state index in [1.54, 1.807) is 74.7 Å². The minimum atomic E-state index is -0.524. The smallest absolute Gasteiger partial charge is 0.344 e. The summed E-state index contributed by atoms with van der Waals surface area (Å²) >= 11 is 3.33. The average molecular weight is 481 g/mol. The number of benzene rings is 3. The van der Waals surface area contributed by atoms with Crippen molar-refractivity contribution in [1.82, 2.24) is 0 Å². The SMILES string of the molecule is COc1cccc(Oc2c(C)oc3cc(OC(=O)c4ccccc4Br)ccc3c2=O)c1. The van der Waals surface area contributed by atoms with Gasteiger partial charge in [0.15, 0.2) is 0 Å². The summed E-state index contributed by atoms with van der Waals surface area (Å²) in [6, 6.07) is 18.5. The van der Waals surface area contributed by atoms with E-state index in [1.807, 2.05) is 0 Å². The predicted molar refractivity (Wildman–Crippen MR) is 119 cm³/mol. The zero-order valence-corrected chi connectivity index (χ0v) is 18.3. The van der Waals surface area contributed by atoms with Crippen LogP contribution in [0.3, 0.4) is 0 Å². The van der Waals surface area contributed by atoms with E-state index >= 15 is 0 Å². The van der Waals surface area contributed by atoms with Crippen LogP contribution in [0.2, 0.25) is 0 Å². The van der Waals surface area contributed by atoms with Crippen LogP contribution in [0, 0.1) is 6.92 Å². The number of methoxy groups -OCH3 is 1. The first kappa shape index (κ1) is 20.7. The molecule has 31 heavy (non-hydrogen) atoms. The van der Waals surface area contributed by atoms with Gasteiger partial charge in [-0.05, 0) is 59.3 Å². The topological polar surface area (TPSA) is 75.0 Å². The van der Waals surface area contributed by atoms with Gasteiger partial charge in [0.1, 0.15) is 28.6 Å². The molecule has 0 radical (unpaired) electrons. The molecule has 7 heteroatoms. The Labute approximate surface area is 186 Å². The molecule has 0 saturated heterocycles. The zero-order chi connectivity index (χ0) is 22.0. The number of carbonyl (C=O) groups excluding carboxylic acids is 1. The third-order valence-corrected chi connectivity index (χ3v) is 5.24. The molecule has 0 N–H and O–H groups in total. The average Bonchev–Trinajstić information content (AvgIpc) is 2.77. The molecule has 0 atom stereocenters. The summed E-state index contributed by atoms with van der Waals surface area (Å²) in [7, 11) is 1.55. The van der Waals surface area contributed by atoms with Crippen molar-refractivity contribution >= 4 is 32.9 Å². The van der Waals surface area contributed by atoms with Crippen molar-refractivity contribution in [3.05, 3.63) is 92.7 Å². The Hall–Kier alpha value is -3.58.